The highest BCUT2D eigenvalue weighted by Crippen LogP contribution is 2.15. The average Bonchev–Trinajstić information content (AvgIpc) is 2.84. The topological polar surface area (TPSA) is 47.0 Å². The second kappa shape index (κ2) is 4.65. The standard InChI is InChI=1S/C15H14N2O2/c1-19-13-4-2-11(3-5-13)10-17-9-7-12-6-8-16-15(18)14(12)17/h2-9H,10H2,1H3,(H,16,18). The second-order valence-corrected chi connectivity index (χ2v) is 4.40. The Bertz CT molecular complexity index is 754. The summed E-state index contributed by atoms with van der Waals surface area (Å²) in [6, 6.07) is 11.7. The van der Waals surface area contributed by atoms with Crippen LogP contribution in [0.15, 0.2) is 53.6 Å². The first-order valence-electron chi connectivity index (χ1n) is 6.07. The van der Waals surface area contributed by atoms with Crippen molar-refractivity contribution in [3.8, 4) is 5.75 Å². The van der Waals surface area contributed by atoms with Gasteiger partial charge in [0.1, 0.15) is 11.3 Å². The van der Waals surface area contributed by atoms with Crippen LogP contribution in [0.5, 0.6) is 5.75 Å². The van der Waals surface area contributed by atoms with Crippen LogP contribution in [0.25, 0.3) is 10.9 Å². The fourth-order valence-corrected chi connectivity index (χ4v) is 2.22. The first kappa shape index (κ1) is 11.6. The zero-order valence-corrected chi connectivity index (χ0v) is 10.6. The number of hydrogen-bond donors (Lipinski definition) is 1. The van der Waals surface area contributed by atoms with Crippen LogP contribution in [0.3, 0.4) is 0 Å². The Morgan fingerprint density at radius 3 is 2.68 bits per heavy atom. The van der Waals surface area contributed by atoms with Crippen molar-refractivity contribution in [1.29, 1.82) is 0 Å². The predicted molar refractivity (Wildman–Crippen MR) is 74.7 cm³/mol. The summed E-state index contributed by atoms with van der Waals surface area (Å²) in [4.78, 5) is 14.6. The molecule has 0 aliphatic rings. The van der Waals surface area contributed by atoms with E-state index in [0.29, 0.717) is 12.1 Å². The summed E-state index contributed by atoms with van der Waals surface area (Å²) >= 11 is 0. The van der Waals surface area contributed by atoms with Crippen molar-refractivity contribution in [2.75, 3.05) is 7.11 Å². The van der Waals surface area contributed by atoms with E-state index in [-0.39, 0.29) is 5.56 Å². The molecule has 1 N–H and O–H groups in total. The van der Waals surface area contributed by atoms with Crippen molar-refractivity contribution in [3.05, 3.63) is 64.7 Å². The first-order valence-corrected chi connectivity index (χ1v) is 6.07. The maximum atomic E-state index is 11.9. The Morgan fingerprint density at radius 1 is 1.16 bits per heavy atom. The Hall–Kier alpha value is -2.49. The highest BCUT2D eigenvalue weighted by Gasteiger charge is 2.05. The summed E-state index contributed by atoms with van der Waals surface area (Å²) in [5.74, 6) is 0.832. The summed E-state index contributed by atoms with van der Waals surface area (Å²) in [6.45, 7) is 0.667. The largest absolute Gasteiger partial charge is 0.497 e. The maximum absolute atomic E-state index is 11.9. The molecule has 4 heteroatoms. The molecule has 0 saturated heterocycles. The molecule has 0 spiro atoms. The zero-order valence-electron chi connectivity index (χ0n) is 10.6. The molecule has 0 aliphatic carbocycles. The van der Waals surface area contributed by atoms with Gasteiger partial charge in [0.05, 0.1) is 7.11 Å². The Morgan fingerprint density at radius 2 is 1.95 bits per heavy atom. The van der Waals surface area contributed by atoms with Crippen molar-refractivity contribution in [3.63, 3.8) is 0 Å². The summed E-state index contributed by atoms with van der Waals surface area (Å²) in [6.07, 6.45) is 3.60. The molecule has 3 aromatic rings. The van der Waals surface area contributed by atoms with E-state index in [4.69, 9.17) is 4.74 Å². The summed E-state index contributed by atoms with van der Waals surface area (Å²) in [5, 5.41) is 0.956. The zero-order chi connectivity index (χ0) is 13.2. The third-order valence-corrected chi connectivity index (χ3v) is 3.20. The number of pyridine rings is 1. The lowest BCUT2D eigenvalue weighted by molar-refractivity contribution is 0.414. The van der Waals surface area contributed by atoms with E-state index in [1.807, 2.05) is 47.2 Å². The van der Waals surface area contributed by atoms with Crippen LogP contribution < -0.4 is 10.3 Å². The number of hydrogen-bond acceptors (Lipinski definition) is 2. The minimum Gasteiger partial charge on any atom is -0.497 e. The minimum absolute atomic E-state index is 0.0592. The van der Waals surface area contributed by atoms with E-state index >= 15 is 0 Å². The van der Waals surface area contributed by atoms with Crippen molar-refractivity contribution in [2.45, 2.75) is 6.54 Å². The average molecular weight is 254 g/mol. The quantitative estimate of drug-likeness (QED) is 0.780. The number of nitrogens with zero attached hydrogens (tertiary/aromatic N) is 1. The van der Waals surface area contributed by atoms with Gasteiger partial charge in [0.15, 0.2) is 0 Å². The molecule has 19 heavy (non-hydrogen) atoms. The third kappa shape index (κ3) is 2.12. The number of H-pyrrole nitrogens is 1. The van der Waals surface area contributed by atoms with Gasteiger partial charge in [-0.1, -0.05) is 12.1 Å². The lowest BCUT2D eigenvalue weighted by atomic mass is 10.2. The lowest BCUT2D eigenvalue weighted by Gasteiger charge is -2.06. The van der Waals surface area contributed by atoms with Gasteiger partial charge in [-0.05, 0) is 29.8 Å². The smallest absolute Gasteiger partial charge is 0.272 e. The van der Waals surface area contributed by atoms with Crippen LogP contribution in [0.4, 0.5) is 0 Å². The SMILES string of the molecule is COc1ccc(Cn2ccc3cc[nH]c(=O)c32)cc1. The number of rotatable bonds is 3. The molecule has 0 fully saturated rings. The molecule has 0 bridgehead atoms. The molecule has 0 amide bonds. The van der Waals surface area contributed by atoms with Gasteiger partial charge in [0, 0.05) is 24.3 Å². The number of nitrogens with one attached hydrogen (secondary N) is 1. The van der Waals surface area contributed by atoms with Crippen molar-refractivity contribution >= 4 is 10.9 Å². The maximum Gasteiger partial charge on any atom is 0.272 e. The van der Waals surface area contributed by atoms with E-state index in [1.165, 1.54) is 0 Å². The minimum atomic E-state index is -0.0592. The normalized spacial score (nSPS) is 10.8. The third-order valence-electron chi connectivity index (χ3n) is 3.20. The van der Waals surface area contributed by atoms with Gasteiger partial charge >= 0.3 is 0 Å². The fraction of sp³-hybridized carbons (Fsp3) is 0.133. The van der Waals surface area contributed by atoms with Crippen molar-refractivity contribution < 1.29 is 4.74 Å². The van der Waals surface area contributed by atoms with Crippen molar-refractivity contribution in [2.24, 2.45) is 0 Å². The molecule has 96 valence electrons. The van der Waals surface area contributed by atoms with Gasteiger partial charge in [-0.25, -0.2) is 0 Å². The first-order chi connectivity index (χ1) is 9.28. The molecule has 0 atom stereocenters. The van der Waals surface area contributed by atoms with Crippen LogP contribution in [-0.4, -0.2) is 16.7 Å². The Balaban J connectivity index is 1.98. The number of aromatic amines is 1. The molecule has 2 heterocycles. The summed E-state index contributed by atoms with van der Waals surface area (Å²) in [7, 11) is 1.65. The molecular weight excluding hydrogens is 240 g/mol. The number of benzene rings is 1. The van der Waals surface area contributed by atoms with Gasteiger partial charge in [-0.15, -0.1) is 0 Å². The number of fused-ring (bicyclic) bond motifs is 1. The molecule has 0 unspecified atom stereocenters. The second-order valence-electron chi connectivity index (χ2n) is 4.40. The molecule has 0 saturated carbocycles. The monoisotopic (exact) mass is 254 g/mol. The van der Waals surface area contributed by atoms with Gasteiger partial charge in [0.2, 0.25) is 0 Å². The van der Waals surface area contributed by atoms with Crippen molar-refractivity contribution in [1.82, 2.24) is 9.55 Å². The van der Waals surface area contributed by atoms with Crippen LogP contribution in [0.2, 0.25) is 0 Å². The number of methoxy groups -OCH3 is 1. The molecule has 2 aromatic heterocycles. The highest BCUT2D eigenvalue weighted by molar-refractivity contribution is 5.78. The highest BCUT2D eigenvalue weighted by atomic mass is 16.5. The van der Waals surface area contributed by atoms with Gasteiger partial charge < -0.3 is 14.3 Å². The Kier molecular flexibility index (Phi) is 2.83. The summed E-state index contributed by atoms with van der Waals surface area (Å²) in [5.41, 5.74) is 1.77. The number of ether oxygens (including phenoxy) is 1. The van der Waals surface area contributed by atoms with E-state index < -0.39 is 0 Å². The molecule has 0 radical (unpaired) electrons. The van der Waals surface area contributed by atoms with Crippen LogP contribution in [0.1, 0.15) is 5.56 Å². The Labute approximate surface area is 110 Å². The van der Waals surface area contributed by atoms with Gasteiger partial charge in [-0.2, -0.15) is 0 Å². The molecule has 3 rings (SSSR count). The van der Waals surface area contributed by atoms with Gasteiger partial charge in [-0.3, -0.25) is 4.79 Å². The van der Waals surface area contributed by atoms with E-state index in [0.717, 1.165) is 16.7 Å². The van der Waals surface area contributed by atoms with E-state index in [9.17, 15) is 4.79 Å². The van der Waals surface area contributed by atoms with Crippen LogP contribution in [-0.2, 0) is 6.54 Å². The van der Waals surface area contributed by atoms with E-state index in [2.05, 4.69) is 4.98 Å². The summed E-state index contributed by atoms with van der Waals surface area (Å²) < 4.78 is 7.09. The number of aromatic nitrogens is 2. The lowest BCUT2D eigenvalue weighted by Crippen LogP contribution is -2.10. The fourth-order valence-electron chi connectivity index (χ4n) is 2.22. The molecule has 1 aromatic carbocycles. The predicted octanol–water partition coefficient (Wildman–Crippen LogP) is 2.39. The van der Waals surface area contributed by atoms with Gasteiger partial charge in [0.25, 0.3) is 5.56 Å². The molecular formula is C15H14N2O2. The van der Waals surface area contributed by atoms with E-state index in [1.54, 1.807) is 13.3 Å². The molecule has 4 nitrogen and oxygen atoms in total. The molecule has 0 aliphatic heterocycles. The van der Waals surface area contributed by atoms with Crippen LogP contribution in [0, 0.1) is 0 Å². The van der Waals surface area contributed by atoms with Crippen LogP contribution >= 0.6 is 0 Å².